The molecule has 46 heavy (non-hydrogen) atoms. The number of benzene rings is 1. The summed E-state index contributed by atoms with van der Waals surface area (Å²) in [6.45, 7) is 17.5. The Hall–Kier alpha value is -2.32. The summed E-state index contributed by atoms with van der Waals surface area (Å²) >= 11 is 0. The van der Waals surface area contributed by atoms with Crippen LogP contribution in [0, 0.1) is 0 Å². The largest absolute Gasteiger partial charge is 0.444 e. The lowest BCUT2D eigenvalue weighted by Crippen LogP contribution is -2.56. The zero-order chi connectivity index (χ0) is 32.9. The lowest BCUT2D eigenvalue weighted by atomic mass is 9.96. The molecule has 0 radical (unpaired) electrons. The van der Waals surface area contributed by atoms with Crippen molar-refractivity contribution in [3.8, 4) is 0 Å². The van der Waals surface area contributed by atoms with E-state index in [0.29, 0.717) is 24.2 Å². The predicted octanol–water partition coefficient (Wildman–Crippen LogP) is 7.32. The van der Waals surface area contributed by atoms with E-state index >= 15 is 0 Å². The molecule has 3 amide bonds. The second-order valence-electron chi connectivity index (χ2n) is 15.3. The maximum Gasteiger partial charge on any atom is 0.410 e. The van der Waals surface area contributed by atoms with Gasteiger partial charge >= 0.3 is 12.1 Å². The summed E-state index contributed by atoms with van der Waals surface area (Å²) in [6.07, 6.45) is 15.7. The van der Waals surface area contributed by atoms with E-state index in [1.807, 2.05) is 25.7 Å². The van der Waals surface area contributed by atoms with Crippen LogP contribution in [-0.2, 0) is 11.2 Å². The Morgan fingerprint density at radius 2 is 1.26 bits per heavy atom. The molecule has 8 heteroatoms. The normalized spacial score (nSPS) is 26.5. The average Bonchev–Trinajstić information content (AvgIpc) is 3.06. The minimum atomic E-state index is -0.408. The van der Waals surface area contributed by atoms with Gasteiger partial charge in [-0.1, -0.05) is 43.2 Å². The van der Waals surface area contributed by atoms with Gasteiger partial charge in [0.05, 0.1) is 0 Å². The van der Waals surface area contributed by atoms with E-state index in [-0.39, 0.29) is 12.1 Å². The van der Waals surface area contributed by atoms with Gasteiger partial charge in [-0.3, -0.25) is 9.80 Å². The molecule has 0 bridgehead atoms. The molecule has 4 unspecified atom stereocenters. The number of aryl methyl sites for hydroxylation is 1. The molecule has 1 aromatic carbocycles. The maximum absolute atomic E-state index is 12.7. The van der Waals surface area contributed by atoms with Crippen molar-refractivity contribution in [1.29, 1.82) is 0 Å². The van der Waals surface area contributed by atoms with Gasteiger partial charge in [0.15, 0.2) is 0 Å². The number of amides is 3. The Bertz CT molecular complexity index is 1030. The lowest BCUT2D eigenvalue weighted by molar-refractivity contribution is -0.00375. The fourth-order valence-corrected chi connectivity index (χ4v) is 7.59. The van der Waals surface area contributed by atoms with E-state index in [9.17, 15) is 9.59 Å². The first kappa shape index (κ1) is 36.5. The highest BCUT2D eigenvalue weighted by atomic mass is 16.6. The summed E-state index contributed by atoms with van der Waals surface area (Å²) in [7, 11) is 0. The maximum atomic E-state index is 12.7. The van der Waals surface area contributed by atoms with Crippen molar-refractivity contribution >= 4 is 12.1 Å². The van der Waals surface area contributed by atoms with Crippen LogP contribution in [-0.4, -0.2) is 107 Å². The third kappa shape index (κ3) is 11.7. The molecule has 8 nitrogen and oxygen atoms in total. The average molecular weight is 640 g/mol. The molecule has 0 aromatic heterocycles. The smallest absolute Gasteiger partial charge is 0.410 e. The minimum Gasteiger partial charge on any atom is -0.444 e. The van der Waals surface area contributed by atoms with E-state index < -0.39 is 5.60 Å². The number of urea groups is 1. The summed E-state index contributed by atoms with van der Waals surface area (Å²) < 4.78 is 5.55. The zero-order valence-electron chi connectivity index (χ0n) is 29.9. The molecule has 0 aliphatic carbocycles. The van der Waals surface area contributed by atoms with E-state index in [4.69, 9.17) is 4.74 Å². The highest BCUT2D eigenvalue weighted by molar-refractivity contribution is 5.74. The van der Waals surface area contributed by atoms with Gasteiger partial charge in [0, 0.05) is 43.8 Å². The molecule has 4 saturated heterocycles. The number of carbonyl (C=O) groups is 2. The summed E-state index contributed by atoms with van der Waals surface area (Å²) in [4.78, 5) is 34.2. The van der Waals surface area contributed by atoms with Crippen molar-refractivity contribution in [3.05, 3.63) is 35.9 Å². The molecule has 0 spiro atoms. The Balaban J connectivity index is 0.000000216. The van der Waals surface area contributed by atoms with Crippen LogP contribution < -0.4 is 5.32 Å². The van der Waals surface area contributed by atoms with Crippen LogP contribution in [0.2, 0.25) is 0 Å². The molecule has 4 aliphatic rings. The fourth-order valence-electron chi connectivity index (χ4n) is 7.59. The molecule has 1 N–H and O–H groups in total. The molecular weight excluding hydrogens is 574 g/mol. The number of rotatable bonds is 7. The Labute approximate surface area is 280 Å². The van der Waals surface area contributed by atoms with Crippen molar-refractivity contribution in [2.24, 2.45) is 0 Å². The first-order chi connectivity index (χ1) is 22.1. The van der Waals surface area contributed by atoms with Crippen LogP contribution >= 0.6 is 0 Å². The number of unbranched alkanes of at least 4 members (excludes halogenated alkanes) is 1. The second kappa shape index (κ2) is 18.3. The number of nitrogens with zero attached hydrogens (tertiary/aromatic N) is 4. The highest BCUT2D eigenvalue weighted by Crippen LogP contribution is 2.26. The van der Waals surface area contributed by atoms with Crippen LogP contribution in [0.4, 0.5) is 9.59 Å². The summed E-state index contributed by atoms with van der Waals surface area (Å²) in [6, 6.07) is 12.5. The van der Waals surface area contributed by atoms with E-state index in [1.165, 1.54) is 83.1 Å². The predicted molar refractivity (Wildman–Crippen MR) is 188 cm³/mol. The highest BCUT2D eigenvalue weighted by Gasteiger charge is 2.35. The number of nitrogens with one attached hydrogen (secondary N) is 1. The van der Waals surface area contributed by atoms with Gasteiger partial charge in [-0.05, 0) is 137 Å². The first-order valence-electron chi connectivity index (χ1n) is 18.7. The third-order valence-electron chi connectivity index (χ3n) is 10.4. The molecule has 4 fully saturated rings. The van der Waals surface area contributed by atoms with E-state index in [0.717, 1.165) is 51.7 Å². The Morgan fingerprint density at radius 3 is 1.80 bits per heavy atom. The van der Waals surface area contributed by atoms with Crippen LogP contribution in [0.5, 0.6) is 0 Å². The molecule has 4 heterocycles. The van der Waals surface area contributed by atoms with Gasteiger partial charge in [-0.25, -0.2) is 9.59 Å². The Morgan fingerprint density at radius 1 is 0.739 bits per heavy atom. The van der Waals surface area contributed by atoms with Gasteiger partial charge in [0.25, 0.3) is 0 Å². The molecule has 260 valence electrons. The molecule has 0 saturated carbocycles. The fraction of sp³-hybridized carbons (Fsp3) is 0.789. The number of piperidine rings is 4. The van der Waals surface area contributed by atoms with Crippen molar-refractivity contribution in [3.63, 3.8) is 0 Å². The summed E-state index contributed by atoms with van der Waals surface area (Å²) in [5.41, 5.74) is 0.974. The van der Waals surface area contributed by atoms with Gasteiger partial charge < -0.3 is 19.9 Å². The van der Waals surface area contributed by atoms with Gasteiger partial charge in [0.2, 0.25) is 0 Å². The van der Waals surface area contributed by atoms with E-state index in [1.54, 1.807) is 0 Å². The topological polar surface area (TPSA) is 68.4 Å². The van der Waals surface area contributed by atoms with Crippen LogP contribution in [0.3, 0.4) is 0 Å². The summed E-state index contributed by atoms with van der Waals surface area (Å²) in [5, 5.41) is 3.16. The number of hydrogen-bond acceptors (Lipinski definition) is 5. The van der Waals surface area contributed by atoms with Gasteiger partial charge in [0.1, 0.15) is 5.60 Å². The molecule has 5 rings (SSSR count). The van der Waals surface area contributed by atoms with Crippen LogP contribution in [0.25, 0.3) is 0 Å². The van der Waals surface area contributed by atoms with Crippen molar-refractivity contribution < 1.29 is 14.3 Å². The summed E-state index contributed by atoms with van der Waals surface area (Å²) in [5.74, 6) is 0. The number of ether oxygens (including phenoxy) is 1. The third-order valence-corrected chi connectivity index (χ3v) is 10.4. The van der Waals surface area contributed by atoms with Crippen molar-refractivity contribution in [1.82, 2.24) is 24.9 Å². The second-order valence-corrected chi connectivity index (χ2v) is 15.3. The van der Waals surface area contributed by atoms with Crippen LogP contribution in [0.1, 0.15) is 117 Å². The van der Waals surface area contributed by atoms with E-state index in [2.05, 4.69) is 64.2 Å². The number of likely N-dealkylation sites (tertiary alicyclic amines) is 4. The SMILES string of the molecule is CC1CCC(N2CCCCC2)CN1C(=O)NCCCCc1ccccc1.CC1CCC(N2CCCCC2)CN1C(=O)OC(C)(C)C. The van der Waals surface area contributed by atoms with Crippen molar-refractivity contribution in [2.45, 2.75) is 148 Å². The monoisotopic (exact) mass is 640 g/mol. The number of hydrogen-bond donors (Lipinski definition) is 1. The minimum absolute atomic E-state index is 0.138. The van der Waals surface area contributed by atoms with Gasteiger partial charge in [-0.15, -0.1) is 0 Å². The van der Waals surface area contributed by atoms with Gasteiger partial charge in [-0.2, -0.15) is 0 Å². The zero-order valence-corrected chi connectivity index (χ0v) is 29.9. The van der Waals surface area contributed by atoms with Crippen LogP contribution in [0.15, 0.2) is 30.3 Å². The Kier molecular flexibility index (Phi) is 14.5. The lowest BCUT2D eigenvalue weighted by Gasteiger charge is -2.44. The van der Waals surface area contributed by atoms with Crippen molar-refractivity contribution in [2.75, 3.05) is 45.8 Å². The standard InChI is InChI=1S/C22H35N3O.C16H30N2O2/c1-19-13-14-21(24-16-8-3-9-17-24)18-25(19)22(26)23-15-7-6-12-20-10-4-2-5-11-20;1-13-8-9-14(17-10-6-5-7-11-17)12-18(13)15(19)20-16(2,3)4/h2,4-5,10-11,19,21H,3,6-9,12-18H2,1H3,(H,23,26);13-14H,5-12H2,1-4H3. The molecule has 1 aromatic rings. The first-order valence-corrected chi connectivity index (χ1v) is 18.7. The quantitative estimate of drug-likeness (QED) is 0.317. The molecular formula is C38H65N5O3. The molecule has 4 aliphatic heterocycles. The molecule has 4 atom stereocenters. The number of carbonyl (C=O) groups excluding carboxylic acids is 2.